The van der Waals surface area contributed by atoms with E-state index in [-0.39, 0.29) is 0 Å². The van der Waals surface area contributed by atoms with Crippen molar-refractivity contribution in [3.8, 4) is 0 Å². The van der Waals surface area contributed by atoms with Crippen LogP contribution < -0.4 is 11.2 Å². The second-order valence-electron chi connectivity index (χ2n) is 4.55. The predicted octanol–water partition coefficient (Wildman–Crippen LogP) is -2.87. The molecule has 0 aliphatic carbocycles. The van der Waals surface area contributed by atoms with Crippen LogP contribution in [0, 0.1) is 0 Å². The molecule has 0 aromatic carbocycles. The lowest BCUT2D eigenvalue weighted by molar-refractivity contribution is -0.0508. The molecular weight excluding hydrogens is 308 g/mol. The van der Waals surface area contributed by atoms with Crippen molar-refractivity contribution < 1.29 is 27.6 Å². The van der Waals surface area contributed by atoms with Gasteiger partial charge in [0.2, 0.25) is 0 Å². The van der Waals surface area contributed by atoms with Crippen LogP contribution in [0.5, 0.6) is 0 Å². The van der Waals surface area contributed by atoms with E-state index in [1.807, 2.05) is 4.98 Å². The third-order valence-electron chi connectivity index (χ3n) is 2.91. The molecule has 1 aromatic rings. The monoisotopic (exact) mass is 322 g/mol. The third-order valence-corrected chi connectivity index (χ3v) is 3.47. The molecule has 1 aliphatic heterocycles. The van der Waals surface area contributed by atoms with Gasteiger partial charge in [0.15, 0.2) is 6.23 Å². The van der Waals surface area contributed by atoms with Gasteiger partial charge in [-0.3, -0.25) is 18.5 Å². The molecule has 1 fully saturated rings. The first-order valence-electron chi connectivity index (χ1n) is 5.86. The highest BCUT2D eigenvalue weighted by atomic mass is 32.2. The van der Waals surface area contributed by atoms with Crippen molar-refractivity contribution >= 4 is 10.1 Å². The molecule has 21 heavy (non-hydrogen) atoms. The Morgan fingerprint density at radius 3 is 2.62 bits per heavy atom. The maximum atomic E-state index is 11.6. The Labute approximate surface area is 118 Å². The molecule has 1 aliphatic rings. The summed E-state index contributed by atoms with van der Waals surface area (Å²) in [4.78, 5) is 24.6. The summed E-state index contributed by atoms with van der Waals surface area (Å²) in [7, 11) is -3.74. The first kappa shape index (κ1) is 15.9. The summed E-state index contributed by atoms with van der Waals surface area (Å²) in [6, 6.07) is 1.05. The zero-order chi connectivity index (χ0) is 15.8. The Balaban J connectivity index is 2.19. The molecule has 4 atom stereocenters. The molecule has 1 saturated heterocycles. The van der Waals surface area contributed by atoms with Gasteiger partial charge >= 0.3 is 5.69 Å². The third kappa shape index (κ3) is 3.57. The molecule has 11 heteroatoms. The standard InChI is InChI=1S/C10H14N2O8S/c1-21(17,18)19-4-5-7(14)8(15)9(20-5)12-3-2-6(13)11-10(12)16/h2-3,5,7-9,14-15H,4H2,1H3,(H,11,13,16). The number of hydrogen-bond acceptors (Lipinski definition) is 8. The topological polar surface area (TPSA) is 148 Å². The summed E-state index contributed by atoms with van der Waals surface area (Å²) in [6.45, 7) is -0.508. The van der Waals surface area contributed by atoms with Crippen molar-refractivity contribution in [2.24, 2.45) is 0 Å². The lowest BCUT2D eigenvalue weighted by Crippen LogP contribution is -2.37. The number of aliphatic hydroxyl groups excluding tert-OH is 2. The summed E-state index contributed by atoms with van der Waals surface area (Å²) < 4.78 is 32.4. The number of H-pyrrole nitrogens is 1. The molecule has 1 aromatic heterocycles. The van der Waals surface area contributed by atoms with Crippen LogP contribution in [0.25, 0.3) is 0 Å². The average Bonchev–Trinajstić information content (AvgIpc) is 2.64. The molecule has 10 nitrogen and oxygen atoms in total. The summed E-state index contributed by atoms with van der Waals surface area (Å²) in [6.07, 6.45) is -3.41. The van der Waals surface area contributed by atoms with E-state index in [1.54, 1.807) is 0 Å². The summed E-state index contributed by atoms with van der Waals surface area (Å²) in [5.41, 5.74) is -1.45. The Hall–Kier alpha value is -1.53. The minimum atomic E-state index is -3.74. The van der Waals surface area contributed by atoms with Gasteiger partial charge in [-0.25, -0.2) is 4.79 Å². The van der Waals surface area contributed by atoms with E-state index in [0.29, 0.717) is 0 Å². The van der Waals surface area contributed by atoms with E-state index in [0.717, 1.165) is 23.1 Å². The maximum absolute atomic E-state index is 11.6. The SMILES string of the molecule is CS(=O)(=O)OCC1OC(n2ccc(=O)[nH]c2=O)C(O)C1O. The number of nitrogens with one attached hydrogen (secondary N) is 1. The summed E-state index contributed by atoms with van der Waals surface area (Å²) >= 11 is 0. The number of nitrogens with zero attached hydrogens (tertiary/aromatic N) is 1. The molecule has 2 heterocycles. The van der Waals surface area contributed by atoms with Crippen LogP contribution in [0.1, 0.15) is 6.23 Å². The van der Waals surface area contributed by atoms with Gasteiger partial charge in [0.05, 0.1) is 12.9 Å². The van der Waals surface area contributed by atoms with E-state index in [9.17, 15) is 28.2 Å². The van der Waals surface area contributed by atoms with Gasteiger partial charge in [0.25, 0.3) is 15.7 Å². The Morgan fingerprint density at radius 2 is 2.05 bits per heavy atom. The van der Waals surface area contributed by atoms with Gasteiger partial charge in [-0.05, 0) is 0 Å². The second-order valence-corrected chi connectivity index (χ2v) is 6.20. The quantitative estimate of drug-likeness (QED) is 0.501. The zero-order valence-corrected chi connectivity index (χ0v) is 11.7. The van der Waals surface area contributed by atoms with Crippen molar-refractivity contribution in [2.45, 2.75) is 24.5 Å². The van der Waals surface area contributed by atoms with Crippen LogP contribution in [0.2, 0.25) is 0 Å². The lowest BCUT2D eigenvalue weighted by Gasteiger charge is -2.16. The zero-order valence-electron chi connectivity index (χ0n) is 10.9. The fourth-order valence-corrected chi connectivity index (χ4v) is 2.30. The van der Waals surface area contributed by atoms with Gasteiger partial charge in [0, 0.05) is 12.3 Å². The van der Waals surface area contributed by atoms with Crippen molar-refractivity contribution in [3.05, 3.63) is 33.1 Å². The Kier molecular flexibility index (Phi) is 4.30. The summed E-state index contributed by atoms with van der Waals surface area (Å²) in [5, 5.41) is 19.7. The molecule has 3 N–H and O–H groups in total. The largest absolute Gasteiger partial charge is 0.387 e. The van der Waals surface area contributed by atoms with Crippen molar-refractivity contribution in [3.63, 3.8) is 0 Å². The minimum Gasteiger partial charge on any atom is -0.387 e. The first-order valence-corrected chi connectivity index (χ1v) is 7.68. The number of ether oxygens (including phenoxy) is 1. The number of aromatic amines is 1. The molecule has 2 rings (SSSR count). The van der Waals surface area contributed by atoms with Crippen LogP contribution >= 0.6 is 0 Å². The molecule has 118 valence electrons. The number of rotatable bonds is 4. The molecule has 0 spiro atoms. The average molecular weight is 322 g/mol. The molecule has 0 amide bonds. The van der Waals surface area contributed by atoms with E-state index in [4.69, 9.17) is 4.74 Å². The van der Waals surface area contributed by atoms with Crippen molar-refractivity contribution in [1.82, 2.24) is 9.55 Å². The van der Waals surface area contributed by atoms with Crippen LogP contribution in [0.4, 0.5) is 0 Å². The van der Waals surface area contributed by atoms with Crippen molar-refractivity contribution in [2.75, 3.05) is 12.9 Å². The Bertz CT molecular complexity index is 723. The van der Waals surface area contributed by atoms with Gasteiger partial charge < -0.3 is 14.9 Å². The predicted molar refractivity (Wildman–Crippen MR) is 68.0 cm³/mol. The summed E-state index contributed by atoms with van der Waals surface area (Å²) in [5.74, 6) is 0. The fraction of sp³-hybridized carbons (Fsp3) is 0.600. The molecule has 0 saturated carbocycles. The highest BCUT2D eigenvalue weighted by molar-refractivity contribution is 7.85. The first-order chi connectivity index (χ1) is 9.69. The van der Waals surface area contributed by atoms with E-state index in [2.05, 4.69) is 4.18 Å². The van der Waals surface area contributed by atoms with Crippen molar-refractivity contribution in [1.29, 1.82) is 0 Å². The number of hydrogen-bond donors (Lipinski definition) is 3. The van der Waals surface area contributed by atoms with Crippen LogP contribution in [0.15, 0.2) is 21.9 Å². The normalized spacial score (nSPS) is 29.7. The van der Waals surface area contributed by atoms with Gasteiger partial charge in [-0.15, -0.1) is 0 Å². The van der Waals surface area contributed by atoms with Crippen LogP contribution in [0.3, 0.4) is 0 Å². The molecule has 4 unspecified atom stereocenters. The van der Waals surface area contributed by atoms with Gasteiger partial charge in [-0.1, -0.05) is 0 Å². The highest BCUT2D eigenvalue weighted by Gasteiger charge is 2.44. The molecular formula is C10H14N2O8S. The van der Waals surface area contributed by atoms with Gasteiger partial charge in [-0.2, -0.15) is 8.42 Å². The van der Waals surface area contributed by atoms with Gasteiger partial charge in [0.1, 0.15) is 18.3 Å². The second kappa shape index (κ2) is 5.69. The molecule has 0 bridgehead atoms. The maximum Gasteiger partial charge on any atom is 0.330 e. The van der Waals surface area contributed by atoms with E-state index >= 15 is 0 Å². The van der Waals surface area contributed by atoms with E-state index < -0.39 is 52.5 Å². The number of aromatic nitrogens is 2. The highest BCUT2D eigenvalue weighted by Crippen LogP contribution is 2.28. The van der Waals surface area contributed by atoms with E-state index in [1.165, 1.54) is 0 Å². The fourth-order valence-electron chi connectivity index (χ4n) is 1.92. The minimum absolute atomic E-state index is 0.508. The smallest absolute Gasteiger partial charge is 0.330 e. The van der Waals surface area contributed by atoms with Crippen LogP contribution in [-0.2, 0) is 19.0 Å². The lowest BCUT2D eigenvalue weighted by atomic mass is 10.1. The molecule has 0 radical (unpaired) electrons. The number of aliphatic hydroxyl groups is 2. The Morgan fingerprint density at radius 1 is 1.38 bits per heavy atom. The van der Waals surface area contributed by atoms with Crippen LogP contribution in [-0.4, -0.2) is 59.4 Å².